The summed E-state index contributed by atoms with van der Waals surface area (Å²) in [7, 11) is 4.61. The molecule has 0 aromatic heterocycles. The molecule has 6 heteroatoms. The number of rotatable bonds is 8. The quantitative estimate of drug-likeness (QED) is 0.387. The Bertz CT molecular complexity index is 770. The lowest BCUT2D eigenvalue weighted by atomic mass is 10.1. The second kappa shape index (κ2) is 12.5. The van der Waals surface area contributed by atoms with Crippen molar-refractivity contribution in [2.75, 3.05) is 34.5 Å². The van der Waals surface area contributed by atoms with Crippen LogP contribution in [0.4, 0.5) is 0 Å². The molecule has 2 aromatic rings. The van der Waals surface area contributed by atoms with E-state index in [4.69, 9.17) is 14.2 Å². The fourth-order valence-electron chi connectivity index (χ4n) is 2.33. The summed E-state index contributed by atoms with van der Waals surface area (Å²) in [6.07, 6.45) is 1.52. The zero-order valence-corrected chi connectivity index (χ0v) is 17.1. The van der Waals surface area contributed by atoms with E-state index in [1.165, 1.54) is 7.11 Å². The smallest absolute Gasteiger partial charge is 0.338 e. The third-order valence-corrected chi connectivity index (χ3v) is 3.81. The topological polar surface area (TPSA) is 71.1 Å². The number of ether oxygens (including phenoxy) is 4. The van der Waals surface area contributed by atoms with E-state index in [9.17, 15) is 9.59 Å². The molecule has 0 aliphatic heterocycles. The summed E-state index contributed by atoms with van der Waals surface area (Å²) >= 11 is 0. The maximum atomic E-state index is 11.7. The Morgan fingerprint density at radius 3 is 2.00 bits per heavy atom. The lowest BCUT2D eigenvalue weighted by molar-refractivity contribution is 0.0599. The number of hydrogen-bond acceptors (Lipinski definition) is 6. The van der Waals surface area contributed by atoms with E-state index in [0.717, 1.165) is 23.2 Å². The Labute approximate surface area is 166 Å². The molecular weight excluding hydrogens is 360 g/mol. The normalized spacial score (nSPS) is 9.75. The minimum absolute atomic E-state index is 0.375. The fourth-order valence-corrected chi connectivity index (χ4v) is 2.33. The first-order valence-electron chi connectivity index (χ1n) is 8.87. The molecule has 28 heavy (non-hydrogen) atoms. The molecule has 0 radical (unpaired) electrons. The molecule has 2 rings (SSSR count). The van der Waals surface area contributed by atoms with Gasteiger partial charge in [0.1, 0.15) is 17.8 Å². The van der Waals surface area contributed by atoms with Gasteiger partial charge in [-0.15, -0.1) is 0 Å². The van der Waals surface area contributed by atoms with Gasteiger partial charge in [0.15, 0.2) is 0 Å². The van der Waals surface area contributed by atoms with Crippen molar-refractivity contribution in [1.82, 2.24) is 0 Å². The third-order valence-electron chi connectivity index (χ3n) is 3.81. The first-order chi connectivity index (χ1) is 13.5. The molecule has 0 spiro atoms. The number of carbonyl (C=O) groups excluding carboxylic acids is 2. The maximum absolute atomic E-state index is 11.7. The Balaban J connectivity index is 0.00000122. The highest BCUT2D eigenvalue weighted by Crippen LogP contribution is 2.19. The first-order valence-corrected chi connectivity index (χ1v) is 8.87. The largest absolute Gasteiger partial charge is 0.493 e. The maximum Gasteiger partial charge on any atom is 0.338 e. The van der Waals surface area contributed by atoms with Crippen molar-refractivity contribution in [1.29, 1.82) is 0 Å². The molecule has 0 aliphatic carbocycles. The van der Waals surface area contributed by atoms with E-state index in [-0.39, 0.29) is 5.97 Å². The zero-order valence-electron chi connectivity index (χ0n) is 17.1. The summed E-state index contributed by atoms with van der Waals surface area (Å²) < 4.78 is 20.3. The van der Waals surface area contributed by atoms with E-state index < -0.39 is 0 Å². The molecular formula is C22H28O6. The number of aldehydes is 1. The Kier molecular flexibility index (Phi) is 10.4. The molecule has 0 fully saturated rings. The highest BCUT2D eigenvalue weighted by Gasteiger charge is 2.10. The predicted octanol–water partition coefficient (Wildman–Crippen LogP) is 4.01. The summed E-state index contributed by atoms with van der Waals surface area (Å²) in [6, 6.07) is 10.7. The first kappa shape index (κ1) is 23.2. The number of esters is 1. The molecule has 0 saturated heterocycles. The molecule has 0 bridgehead atoms. The van der Waals surface area contributed by atoms with Crippen LogP contribution in [-0.4, -0.2) is 46.8 Å². The van der Waals surface area contributed by atoms with Gasteiger partial charge in [-0.3, -0.25) is 4.79 Å². The van der Waals surface area contributed by atoms with Crippen molar-refractivity contribution < 1.29 is 28.5 Å². The highest BCUT2D eigenvalue weighted by atomic mass is 16.5. The van der Waals surface area contributed by atoms with Crippen molar-refractivity contribution >= 4 is 12.3 Å². The summed E-state index contributed by atoms with van der Waals surface area (Å²) in [4.78, 5) is 22.5. The summed E-state index contributed by atoms with van der Waals surface area (Å²) in [5, 5.41) is 0. The Hall–Kier alpha value is -2.86. The third kappa shape index (κ3) is 7.40. The van der Waals surface area contributed by atoms with Crippen LogP contribution in [0, 0.1) is 13.8 Å². The van der Waals surface area contributed by atoms with Crippen LogP contribution < -0.4 is 9.47 Å². The van der Waals surface area contributed by atoms with Crippen LogP contribution in [0.25, 0.3) is 0 Å². The van der Waals surface area contributed by atoms with Gasteiger partial charge in [0.05, 0.1) is 25.9 Å². The van der Waals surface area contributed by atoms with Gasteiger partial charge < -0.3 is 18.9 Å². The van der Waals surface area contributed by atoms with Crippen molar-refractivity contribution in [3.8, 4) is 11.5 Å². The summed E-state index contributed by atoms with van der Waals surface area (Å²) in [6.45, 7) is 4.68. The van der Waals surface area contributed by atoms with Gasteiger partial charge in [0.25, 0.3) is 0 Å². The molecule has 0 unspecified atom stereocenters. The molecule has 0 N–H and O–H groups in total. The van der Waals surface area contributed by atoms with E-state index in [1.54, 1.807) is 32.4 Å². The average molecular weight is 388 g/mol. The highest BCUT2D eigenvalue weighted by molar-refractivity contribution is 5.91. The fraction of sp³-hybridized carbons (Fsp3) is 0.364. The van der Waals surface area contributed by atoms with Gasteiger partial charge in [-0.2, -0.15) is 0 Å². The molecule has 0 saturated carbocycles. The van der Waals surface area contributed by atoms with Crippen molar-refractivity contribution in [3.63, 3.8) is 0 Å². The molecule has 2 aromatic carbocycles. The number of aryl methyl sites for hydroxylation is 2. The van der Waals surface area contributed by atoms with Crippen molar-refractivity contribution in [2.45, 2.75) is 20.3 Å². The standard InChI is InChI=1S/C20H22O5.C2H6O/c1-14-5-7-18(12-19(14)20(22)23-3)25-10-4-9-24-17-8-6-16(13-21)15(2)11-17;1-3-2/h5-8,11-13H,4,9-10H2,1-3H3;1-2H3. The second-order valence-electron chi connectivity index (χ2n) is 6.06. The van der Waals surface area contributed by atoms with Crippen LogP contribution in [0.5, 0.6) is 11.5 Å². The molecule has 152 valence electrons. The molecule has 0 atom stereocenters. The molecule has 6 nitrogen and oxygen atoms in total. The van der Waals surface area contributed by atoms with Gasteiger partial charge in [0, 0.05) is 26.2 Å². The molecule has 0 heterocycles. The Morgan fingerprint density at radius 2 is 1.46 bits per heavy atom. The number of hydrogen-bond donors (Lipinski definition) is 0. The van der Waals surface area contributed by atoms with Gasteiger partial charge >= 0.3 is 5.97 Å². The average Bonchev–Trinajstić information content (AvgIpc) is 2.69. The number of carbonyl (C=O) groups is 2. The zero-order chi connectivity index (χ0) is 20.9. The summed E-state index contributed by atoms with van der Waals surface area (Å²) in [5.41, 5.74) is 2.90. The molecule has 0 aliphatic rings. The number of benzene rings is 2. The van der Waals surface area contributed by atoms with Crippen LogP contribution >= 0.6 is 0 Å². The lowest BCUT2D eigenvalue weighted by Crippen LogP contribution is -2.07. The van der Waals surface area contributed by atoms with Crippen molar-refractivity contribution in [3.05, 3.63) is 58.7 Å². The summed E-state index contributed by atoms with van der Waals surface area (Å²) in [5.74, 6) is 0.976. The predicted molar refractivity (Wildman–Crippen MR) is 108 cm³/mol. The molecule has 0 amide bonds. The SMILES string of the molecule is COC.COC(=O)c1cc(OCCCOc2ccc(C=O)c(C)c2)ccc1C. The van der Waals surface area contributed by atoms with Gasteiger partial charge in [-0.25, -0.2) is 4.79 Å². The van der Waals surface area contributed by atoms with Crippen LogP contribution in [0.15, 0.2) is 36.4 Å². The minimum atomic E-state index is -0.375. The van der Waals surface area contributed by atoms with Gasteiger partial charge in [0.2, 0.25) is 0 Å². The van der Waals surface area contributed by atoms with E-state index >= 15 is 0 Å². The van der Waals surface area contributed by atoms with E-state index in [1.807, 2.05) is 32.0 Å². The van der Waals surface area contributed by atoms with Crippen LogP contribution in [0.3, 0.4) is 0 Å². The van der Waals surface area contributed by atoms with Crippen LogP contribution in [0.1, 0.15) is 38.3 Å². The van der Waals surface area contributed by atoms with Gasteiger partial charge in [-0.1, -0.05) is 6.07 Å². The van der Waals surface area contributed by atoms with Crippen LogP contribution in [-0.2, 0) is 9.47 Å². The minimum Gasteiger partial charge on any atom is -0.493 e. The van der Waals surface area contributed by atoms with E-state index in [0.29, 0.717) is 36.5 Å². The lowest BCUT2D eigenvalue weighted by Gasteiger charge is -2.11. The van der Waals surface area contributed by atoms with Crippen LogP contribution in [0.2, 0.25) is 0 Å². The van der Waals surface area contributed by atoms with Crippen molar-refractivity contribution in [2.24, 2.45) is 0 Å². The van der Waals surface area contributed by atoms with E-state index in [2.05, 4.69) is 4.74 Å². The number of methoxy groups -OCH3 is 2. The van der Waals surface area contributed by atoms with Gasteiger partial charge in [-0.05, 0) is 55.3 Å². The Morgan fingerprint density at radius 1 is 0.893 bits per heavy atom. The second-order valence-corrected chi connectivity index (χ2v) is 6.06. The monoisotopic (exact) mass is 388 g/mol.